The molecule has 0 unspecified atom stereocenters. The third kappa shape index (κ3) is 10.3. The van der Waals surface area contributed by atoms with E-state index in [-0.39, 0.29) is 18.2 Å². The van der Waals surface area contributed by atoms with E-state index in [4.69, 9.17) is 23.7 Å². The average molecular weight is 744 g/mol. The Morgan fingerprint density at radius 1 is 0.935 bits per heavy atom. The summed E-state index contributed by atoms with van der Waals surface area (Å²) in [4.78, 5) is 26.6. The zero-order chi connectivity index (χ0) is 32.4. The minimum atomic E-state index is -0.635. The number of urea groups is 1. The van der Waals surface area contributed by atoms with Gasteiger partial charge >= 0.3 is 12.1 Å². The summed E-state index contributed by atoms with van der Waals surface area (Å²) in [7, 11) is 0. The van der Waals surface area contributed by atoms with Gasteiger partial charge in [0.25, 0.3) is 0 Å². The average Bonchev–Trinajstić information content (AvgIpc) is 3.39. The Kier molecular flexibility index (Phi) is 12.1. The summed E-state index contributed by atoms with van der Waals surface area (Å²) in [6, 6.07) is 20.9. The third-order valence-electron chi connectivity index (χ3n) is 7.65. The van der Waals surface area contributed by atoms with Crippen LogP contribution in [0.2, 0.25) is 0 Å². The number of halogens is 1. The van der Waals surface area contributed by atoms with Crippen LogP contribution in [0.3, 0.4) is 0 Å². The molecule has 1 saturated heterocycles. The molecule has 246 valence electrons. The molecular formula is C35H42IN3O7. The summed E-state index contributed by atoms with van der Waals surface area (Å²) in [5.74, 6) is 0.179. The molecular weight excluding hydrogens is 701 g/mol. The van der Waals surface area contributed by atoms with Crippen LogP contribution in [-0.4, -0.2) is 55.7 Å². The van der Waals surface area contributed by atoms with Crippen LogP contribution in [0.25, 0.3) is 0 Å². The number of amides is 3. The second-order valence-electron chi connectivity index (χ2n) is 11.8. The molecule has 0 bridgehead atoms. The molecule has 2 N–H and O–H groups in total. The first-order valence-corrected chi connectivity index (χ1v) is 16.8. The predicted octanol–water partition coefficient (Wildman–Crippen LogP) is 7.87. The van der Waals surface area contributed by atoms with Crippen LogP contribution in [-0.2, 0) is 32.2 Å². The molecule has 0 spiro atoms. The molecule has 1 atom stereocenters. The van der Waals surface area contributed by atoms with Crippen LogP contribution in [0.4, 0.5) is 21.0 Å². The van der Waals surface area contributed by atoms with Crippen molar-refractivity contribution in [2.45, 2.75) is 64.6 Å². The van der Waals surface area contributed by atoms with Crippen molar-refractivity contribution in [1.29, 1.82) is 0 Å². The number of benzene rings is 3. The van der Waals surface area contributed by atoms with Gasteiger partial charge in [-0.25, -0.2) is 9.59 Å². The van der Waals surface area contributed by atoms with Crippen LogP contribution < -0.4 is 15.4 Å². The first kappa shape index (κ1) is 34.0. The highest BCUT2D eigenvalue weighted by Gasteiger charge is 2.33. The van der Waals surface area contributed by atoms with Crippen molar-refractivity contribution in [2.24, 2.45) is 0 Å². The minimum Gasteiger partial charge on any atom is -0.463 e. The van der Waals surface area contributed by atoms with Gasteiger partial charge < -0.3 is 39.2 Å². The maximum absolute atomic E-state index is 12.4. The number of nitrogens with zero attached hydrogens (tertiary/aromatic N) is 1. The normalized spacial score (nSPS) is 16.8. The number of hydrogen-bond donors (Lipinski definition) is 2. The van der Waals surface area contributed by atoms with E-state index in [1.54, 1.807) is 4.90 Å². The van der Waals surface area contributed by atoms with Gasteiger partial charge in [-0.3, -0.25) is 0 Å². The van der Waals surface area contributed by atoms with Gasteiger partial charge in [0.2, 0.25) is 5.79 Å². The van der Waals surface area contributed by atoms with Crippen LogP contribution >= 0.6 is 22.6 Å². The van der Waals surface area contributed by atoms with E-state index >= 15 is 0 Å². The lowest BCUT2D eigenvalue weighted by atomic mass is 10.0. The molecule has 2 heterocycles. The Balaban J connectivity index is 0.889. The van der Waals surface area contributed by atoms with Gasteiger partial charge in [-0.15, -0.1) is 0 Å². The minimum absolute atomic E-state index is 0.258. The summed E-state index contributed by atoms with van der Waals surface area (Å²) < 4.78 is 29.8. The maximum Gasteiger partial charge on any atom is 0.410 e. The summed E-state index contributed by atoms with van der Waals surface area (Å²) in [6.45, 7) is 7.62. The number of fused-ring (bicyclic) bond motifs is 1. The standard InChI is InChI=1S/C35H42IN3O7/c1-35(2)44-24-27-20-26(13-14-31(27)46-35)32-22-39(34(41)45-32)15-5-3-4-6-16-42-17-18-43-23-25-9-7-11-29(19-25)37-33(40)38-30-12-8-10-28(36)21-30/h7-14,19-21,32H,3-6,15-18,22-24H2,1-2H3,(H2,37,38,40)/t32-/m0/s1. The summed E-state index contributed by atoms with van der Waals surface area (Å²) in [5.41, 5.74) is 4.35. The number of carbonyl (C=O) groups excluding carboxylic acids is 2. The van der Waals surface area contributed by atoms with Crippen LogP contribution in [0, 0.1) is 3.57 Å². The Morgan fingerprint density at radius 3 is 2.52 bits per heavy atom. The fraction of sp³-hybridized carbons (Fsp3) is 0.429. The van der Waals surface area contributed by atoms with E-state index in [1.807, 2.05) is 80.6 Å². The van der Waals surface area contributed by atoms with Crippen molar-refractivity contribution in [1.82, 2.24) is 4.90 Å². The third-order valence-corrected chi connectivity index (χ3v) is 8.32. The fourth-order valence-electron chi connectivity index (χ4n) is 5.29. The van der Waals surface area contributed by atoms with E-state index in [9.17, 15) is 9.59 Å². The molecule has 11 heteroatoms. The van der Waals surface area contributed by atoms with Gasteiger partial charge in [0, 0.05) is 47.5 Å². The number of nitrogens with one attached hydrogen (secondary N) is 2. The summed E-state index contributed by atoms with van der Waals surface area (Å²) in [6.07, 6.45) is 3.40. The van der Waals surface area contributed by atoms with Crippen LogP contribution in [0.1, 0.15) is 62.3 Å². The second kappa shape index (κ2) is 16.4. The molecule has 1 fully saturated rings. The van der Waals surface area contributed by atoms with E-state index in [0.717, 1.165) is 57.4 Å². The predicted molar refractivity (Wildman–Crippen MR) is 184 cm³/mol. The van der Waals surface area contributed by atoms with E-state index in [1.165, 1.54) is 0 Å². The SMILES string of the molecule is CC1(C)OCc2cc([C@@H]3CN(CCCCCCOCCOCc4cccc(NC(=O)Nc5cccc(I)c5)c4)C(=O)O3)ccc2O1. The molecule has 2 aliphatic rings. The Bertz CT molecular complexity index is 1480. The van der Waals surface area contributed by atoms with Crippen molar-refractivity contribution in [3.05, 3.63) is 87.0 Å². The zero-order valence-corrected chi connectivity index (χ0v) is 28.5. The van der Waals surface area contributed by atoms with Gasteiger partial charge in [-0.05, 0) is 89.0 Å². The Labute approximate surface area is 284 Å². The lowest BCUT2D eigenvalue weighted by Gasteiger charge is -2.32. The smallest absolute Gasteiger partial charge is 0.410 e. The highest BCUT2D eigenvalue weighted by molar-refractivity contribution is 14.1. The first-order chi connectivity index (χ1) is 22.2. The molecule has 0 aliphatic carbocycles. The molecule has 0 aromatic heterocycles. The fourth-order valence-corrected chi connectivity index (χ4v) is 5.83. The first-order valence-electron chi connectivity index (χ1n) is 15.7. The maximum atomic E-state index is 12.4. The highest BCUT2D eigenvalue weighted by Crippen LogP contribution is 2.35. The number of anilines is 2. The lowest BCUT2D eigenvalue weighted by molar-refractivity contribution is -0.180. The summed E-state index contributed by atoms with van der Waals surface area (Å²) in [5, 5.41) is 5.70. The van der Waals surface area contributed by atoms with Gasteiger partial charge in [0.15, 0.2) is 0 Å². The van der Waals surface area contributed by atoms with Crippen molar-refractivity contribution < 1.29 is 33.3 Å². The topological polar surface area (TPSA) is 108 Å². The molecule has 3 amide bonds. The van der Waals surface area contributed by atoms with Gasteiger partial charge in [0.05, 0.1) is 33.0 Å². The molecule has 46 heavy (non-hydrogen) atoms. The highest BCUT2D eigenvalue weighted by atomic mass is 127. The molecule has 0 radical (unpaired) electrons. The summed E-state index contributed by atoms with van der Waals surface area (Å²) >= 11 is 2.21. The number of hydrogen-bond acceptors (Lipinski definition) is 7. The lowest BCUT2D eigenvalue weighted by Crippen LogP contribution is -2.35. The van der Waals surface area contributed by atoms with Crippen LogP contribution in [0.15, 0.2) is 66.7 Å². The van der Waals surface area contributed by atoms with Crippen molar-refractivity contribution in [2.75, 3.05) is 43.5 Å². The molecule has 10 nitrogen and oxygen atoms in total. The van der Waals surface area contributed by atoms with Gasteiger partial charge in [0.1, 0.15) is 11.9 Å². The van der Waals surface area contributed by atoms with Crippen molar-refractivity contribution in [3.63, 3.8) is 0 Å². The largest absolute Gasteiger partial charge is 0.463 e. The van der Waals surface area contributed by atoms with Gasteiger partial charge in [-0.1, -0.05) is 37.1 Å². The second-order valence-corrected chi connectivity index (χ2v) is 13.1. The zero-order valence-electron chi connectivity index (χ0n) is 26.4. The van der Waals surface area contributed by atoms with Crippen molar-refractivity contribution >= 4 is 46.1 Å². The monoisotopic (exact) mass is 743 g/mol. The Hall–Kier alpha value is -3.39. The number of rotatable bonds is 15. The molecule has 0 saturated carbocycles. The van der Waals surface area contributed by atoms with Crippen molar-refractivity contribution in [3.8, 4) is 5.75 Å². The number of ether oxygens (including phenoxy) is 5. The van der Waals surface area contributed by atoms with E-state index in [2.05, 4.69) is 33.2 Å². The molecule has 5 rings (SSSR count). The van der Waals surface area contributed by atoms with Crippen LogP contribution in [0.5, 0.6) is 5.75 Å². The number of carbonyl (C=O) groups is 2. The quantitative estimate of drug-likeness (QED) is 0.121. The number of cyclic esters (lactones) is 1. The Morgan fingerprint density at radius 2 is 1.70 bits per heavy atom. The van der Waals surface area contributed by atoms with Gasteiger partial charge in [-0.2, -0.15) is 0 Å². The molecule has 2 aliphatic heterocycles. The molecule has 3 aromatic carbocycles. The van der Waals surface area contributed by atoms with E-state index < -0.39 is 5.79 Å². The van der Waals surface area contributed by atoms with E-state index in [0.29, 0.717) is 51.8 Å². The molecule has 3 aromatic rings. The number of unbranched alkanes of at least 4 members (excludes halogenated alkanes) is 3.